The highest BCUT2D eigenvalue weighted by Gasteiger charge is 2.31. The van der Waals surface area contributed by atoms with E-state index in [0.29, 0.717) is 12.0 Å². The molecule has 1 aliphatic heterocycles. The number of aryl methyl sites for hydroxylation is 1. The lowest BCUT2D eigenvalue weighted by Crippen LogP contribution is -3.06. The first-order valence-electron chi connectivity index (χ1n) is 8.84. The number of benzene rings is 1. The Morgan fingerprint density at radius 3 is 2.54 bits per heavy atom. The summed E-state index contributed by atoms with van der Waals surface area (Å²) in [5, 5.41) is 13.5. The van der Waals surface area contributed by atoms with Crippen molar-refractivity contribution < 1.29 is 13.3 Å². The molecule has 6 nitrogen and oxygen atoms in total. The maximum Gasteiger partial charge on any atom is 0.152 e. The van der Waals surface area contributed by atoms with Gasteiger partial charge in [-0.1, -0.05) is 12.1 Å². The van der Waals surface area contributed by atoms with Gasteiger partial charge in [0.15, 0.2) is 9.84 Å². The molecule has 1 aliphatic rings. The van der Waals surface area contributed by atoms with Crippen molar-refractivity contribution in [2.75, 3.05) is 18.6 Å². The zero-order chi connectivity index (χ0) is 18.9. The quantitative estimate of drug-likeness (QED) is 0.846. The SMILES string of the molecule is Cc1nn([C@@H]2CCS(=O)(=O)C2)c(C)c1C[NH+](C)Cc1ccc(C#N)cc1. The molecule has 0 bridgehead atoms. The molecule has 1 N–H and O–H groups in total. The summed E-state index contributed by atoms with van der Waals surface area (Å²) in [5.41, 5.74) is 5.10. The Morgan fingerprint density at radius 2 is 1.96 bits per heavy atom. The highest BCUT2D eigenvalue weighted by Crippen LogP contribution is 2.26. The average molecular weight is 374 g/mol. The Labute approximate surface area is 155 Å². The Hall–Kier alpha value is -2.17. The van der Waals surface area contributed by atoms with Gasteiger partial charge in [-0.25, -0.2) is 8.42 Å². The van der Waals surface area contributed by atoms with E-state index >= 15 is 0 Å². The largest absolute Gasteiger partial charge is 0.330 e. The molecular weight excluding hydrogens is 348 g/mol. The molecular formula is C19H25N4O2S+. The fourth-order valence-corrected chi connectivity index (χ4v) is 5.38. The van der Waals surface area contributed by atoms with Crippen LogP contribution in [0.5, 0.6) is 0 Å². The Morgan fingerprint density at radius 1 is 1.27 bits per heavy atom. The number of rotatable bonds is 5. The van der Waals surface area contributed by atoms with Gasteiger partial charge in [-0.2, -0.15) is 10.4 Å². The van der Waals surface area contributed by atoms with Gasteiger partial charge < -0.3 is 4.90 Å². The second-order valence-electron chi connectivity index (χ2n) is 7.27. The van der Waals surface area contributed by atoms with Crippen LogP contribution in [0.4, 0.5) is 0 Å². The summed E-state index contributed by atoms with van der Waals surface area (Å²) in [6.45, 7) is 5.72. The van der Waals surface area contributed by atoms with Crippen molar-refractivity contribution in [1.82, 2.24) is 9.78 Å². The number of hydrogen-bond acceptors (Lipinski definition) is 4. The maximum absolute atomic E-state index is 11.8. The number of hydrogen-bond donors (Lipinski definition) is 1. The van der Waals surface area contributed by atoms with Gasteiger partial charge in [-0.3, -0.25) is 4.68 Å². The highest BCUT2D eigenvalue weighted by molar-refractivity contribution is 7.91. The Bertz CT molecular complexity index is 939. The van der Waals surface area contributed by atoms with Gasteiger partial charge in [0.25, 0.3) is 0 Å². The normalized spacial score (nSPS) is 20.0. The summed E-state index contributed by atoms with van der Waals surface area (Å²) in [7, 11) is -0.789. The van der Waals surface area contributed by atoms with E-state index in [1.165, 1.54) is 16.0 Å². The third-order valence-corrected chi connectivity index (χ3v) is 6.85. The van der Waals surface area contributed by atoms with E-state index in [-0.39, 0.29) is 17.5 Å². The number of nitriles is 1. The molecule has 1 unspecified atom stereocenters. The second kappa shape index (κ2) is 7.22. The highest BCUT2D eigenvalue weighted by atomic mass is 32.2. The van der Waals surface area contributed by atoms with Crippen LogP contribution in [0.1, 0.15) is 40.5 Å². The Kier molecular flexibility index (Phi) is 5.17. The third-order valence-electron chi connectivity index (χ3n) is 5.10. The van der Waals surface area contributed by atoms with Crippen molar-refractivity contribution in [1.29, 1.82) is 5.26 Å². The van der Waals surface area contributed by atoms with Crippen LogP contribution in [-0.4, -0.2) is 36.8 Å². The molecule has 0 aliphatic carbocycles. The van der Waals surface area contributed by atoms with Crippen molar-refractivity contribution in [2.45, 2.75) is 39.4 Å². The van der Waals surface area contributed by atoms with Gasteiger partial charge in [-0.05, 0) is 32.4 Å². The zero-order valence-electron chi connectivity index (χ0n) is 15.5. The van der Waals surface area contributed by atoms with Crippen LogP contribution in [0.25, 0.3) is 0 Å². The molecule has 0 radical (unpaired) electrons. The van der Waals surface area contributed by atoms with Crippen LogP contribution in [0.3, 0.4) is 0 Å². The molecule has 2 aromatic rings. The van der Waals surface area contributed by atoms with Crippen LogP contribution in [0.15, 0.2) is 24.3 Å². The molecule has 7 heteroatoms. The number of sulfone groups is 1. The maximum atomic E-state index is 11.8. The predicted octanol–water partition coefficient (Wildman–Crippen LogP) is 0.946. The van der Waals surface area contributed by atoms with Gasteiger partial charge >= 0.3 is 0 Å². The van der Waals surface area contributed by atoms with Gasteiger partial charge in [0, 0.05) is 11.3 Å². The van der Waals surface area contributed by atoms with E-state index in [0.717, 1.165) is 24.5 Å². The molecule has 1 aromatic carbocycles. The van der Waals surface area contributed by atoms with Gasteiger partial charge in [0.1, 0.15) is 13.1 Å². The topological polar surface area (TPSA) is 80.2 Å². The lowest BCUT2D eigenvalue weighted by molar-refractivity contribution is -0.907. The van der Waals surface area contributed by atoms with Crippen LogP contribution >= 0.6 is 0 Å². The van der Waals surface area contributed by atoms with E-state index in [9.17, 15) is 8.42 Å². The number of nitrogens with one attached hydrogen (secondary N) is 1. The molecule has 0 spiro atoms. The summed E-state index contributed by atoms with van der Waals surface area (Å²) in [5.74, 6) is 0.456. The first-order valence-corrected chi connectivity index (χ1v) is 10.7. The van der Waals surface area contributed by atoms with Crippen LogP contribution in [0, 0.1) is 25.2 Å². The fraction of sp³-hybridized carbons (Fsp3) is 0.474. The van der Waals surface area contributed by atoms with E-state index in [2.05, 4.69) is 18.2 Å². The fourth-order valence-electron chi connectivity index (χ4n) is 3.69. The first-order chi connectivity index (χ1) is 12.3. The number of quaternary nitrogens is 1. The van der Waals surface area contributed by atoms with E-state index in [1.807, 2.05) is 42.8 Å². The minimum atomic E-state index is -2.92. The molecule has 0 amide bonds. The molecule has 1 saturated heterocycles. The van der Waals surface area contributed by atoms with Crippen molar-refractivity contribution in [3.05, 3.63) is 52.3 Å². The van der Waals surface area contributed by atoms with Crippen LogP contribution in [0.2, 0.25) is 0 Å². The lowest BCUT2D eigenvalue weighted by atomic mass is 10.1. The monoisotopic (exact) mass is 373 g/mol. The molecule has 26 heavy (non-hydrogen) atoms. The van der Waals surface area contributed by atoms with Gasteiger partial charge in [0.2, 0.25) is 0 Å². The van der Waals surface area contributed by atoms with Crippen LogP contribution < -0.4 is 4.90 Å². The summed E-state index contributed by atoms with van der Waals surface area (Å²) in [4.78, 5) is 1.32. The lowest BCUT2D eigenvalue weighted by Gasteiger charge is -2.15. The molecule has 2 atom stereocenters. The van der Waals surface area contributed by atoms with Crippen molar-refractivity contribution >= 4 is 9.84 Å². The van der Waals surface area contributed by atoms with Gasteiger partial charge in [-0.15, -0.1) is 0 Å². The third kappa shape index (κ3) is 3.97. The van der Waals surface area contributed by atoms with Crippen molar-refractivity contribution in [3.8, 4) is 6.07 Å². The number of nitrogens with zero attached hydrogens (tertiary/aromatic N) is 3. The van der Waals surface area contributed by atoms with Gasteiger partial charge in [0.05, 0.1) is 47.5 Å². The molecule has 1 fully saturated rings. The minimum absolute atomic E-state index is 0.0358. The minimum Gasteiger partial charge on any atom is -0.330 e. The Balaban J connectivity index is 1.72. The summed E-state index contributed by atoms with van der Waals surface area (Å²) < 4.78 is 25.5. The smallest absolute Gasteiger partial charge is 0.152 e. The molecule has 1 aromatic heterocycles. The van der Waals surface area contributed by atoms with Crippen LogP contribution in [-0.2, 0) is 22.9 Å². The zero-order valence-corrected chi connectivity index (χ0v) is 16.3. The van der Waals surface area contributed by atoms with Crippen molar-refractivity contribution in [3.63, 3.8) is 0 Å². The van der Waals surface area contributed by atoms with E-state index < -0.39 is 9.84 Å². The summed E-state index contributed by atoms with van der Waals surface area (Å²) in [6, 6.07) is 9.78. The second-order valence-corrected chi connectivity index (χ2v) is 9.50. The molecule has 138 valence electrons. The van der Waals surface area contributed by atoms with E-state index in [4.69, 9.17) is 5.26 Å². The molecule has 2 heterocycles. The number of aromatic nitrogens is 2. The summed E-state index contributed by atoms with van der Waals surface area (Å²) >= 11 is 0. The standard InChI is InChI=1S/C19H24N4O2S/c1-14-19(12-22(3)11-17-6-4-16(10-20)5-7-17)15(2)23(21-14)18-8-9-26(24,25)13-18/h4-7,18H,8-9,11-13H2,1-3H3/p+1/t18-/m1/s1. The average Bonchev–Trinajstić information content (AvgIpc) is 3.09. The van der Waals surface area contributed by atoms with Crippen molar-refractivity contribution in [2.24, 2.45) is 0 Å². The molecule has 0 saturated carbocycles. The first kappa shape index (κ1) is 18.6. The predicted molar refractivity (Wildman–Crippen MR) is 99.5 cm³/mol. The summed E-state index contributed by atoms with van der Waals surface area (Å²) in [6.07, 6.45) is 0.650. The molecule has 3 rings (SSSR count). The van der Waals surface area contributed by atoms with E-state index in [1.54, 1.807) is 0 Å².